The molecule has 0 amide bonds. The number of aryl methyl sites for hydroxylation is 1. The third-order valence-corrected chi connectivity index (χ3v) is 4.02. The van der Waals surface area contributed by atoms with Gasteiger partial charge in [0.05, 0.1) is 4.92 Å². The molecular formula is C14H21N3O2. The van der Waals surface area contributed by atoms with Gasteiger partial charge in [0.1, 0.15) is 0 Å². The first-order valence-corrected chi connectivity index (χ1v) is 6.93. The summed E-state index contributed by atoms with van der Waals surface area (Å²) in [6, 6.07) is 1.57. The molecule has 0 aliphatic heterocycles. The lowest BCUT2D eigenvalue weighted by Crippen LogP contribution is -2.24. The zero-order valence-corrected chi connectivity index (χ0v) is 11.6. The van der Waals surface area contributed by atoms with Crippen molar-refractivity contribution in [2.75, 3.05) is 11.9 Å². The molecule has 1 heterocycles. The van der Waals surface area contributed by atoms with Crippen LogP contribution in [0.1, 0.15) is 38.2 Å². The molecule has 1 aliphatic carbocycles. The predicted molar refractivity (Wildman–Crippen MR) is 75.2 cm³/mol. The molecular weight excluding hydrogens is 242 g/mol. The van der Waals surface area contributed by atoms with Crippen LogP contribution in [0.3, 0.4) is 0 Å². The van der Waals surface area contributed by atoms with E-state index in [2.05, 4.69) is 17.2 Å². The fraction of sp³-hybridized carbons (Fsp3) is 0.643. The lowest BCUT2D eigenvalue weighted by Gasteiger charge is -2.28. The van der Waals surface area contributed by atoms with Crippen LogP contribution in [0.15, 0.2) is 12.3 Å². The molecule has 1 aromatic rings. The second kappa shape index (κ2) is 5.99. The molecule has 1 aromatic heterocycles. The second-order valence-corrected chi connectivity index (χ2v) is 5.54. The van der Waals surface area contributed by atoms with Crippen LogP contribution in [-0.2, 0) is 0 Å². The van der Waals surface area contributed by atoms with Crippen molar-refractivity contribution in [3.63, 3.8) is 0 Å². The van der Waals surface area contributed by atoms with E-state index in [1.54, 1.807) is 12.3 Å². The molecule has 1 fully saturated rings. The zero-order chi connectivity index (χ0) is 13.8. The Balaban J connectivity index is 2.04. The Morgan fingerprint density at radius 2 is 2.21 bits per heavy atom. The molecule has 19 heavy (non-hydrogen) atoms. The third-order valence-electron chi connectivity index (χ3n) is 4.02. The Labute approximate surface area is 113 Å². The Morgan fingerprint density at radius 3 is 2.89 bits per heavy atom. The molecule has 104 valence electrons. The van der Waals surface area contributed by atoms with Gasteiger partial charge in [-0.15, -0.1) is 0 Å². The van der Waals surface area contributed by atoms with E-state index in [4.69, 9.17) is 0 Å². The minimum atomic E-state index is -0.368. The van der Waals surface area contributed by atoms with Gasteiger partial charge in [0.25, 0.3) is 0 Å². The number of nitrogens with one attached hydrogen (secondary N) is 1. The Bertz CT molecular complexity index is 462. The van der Waals surface area contributed by atoms with Crippen LogP contribution < -0.4 is 5.32 Å². The van der Waals surface area contributed by atoms with Gasteiger partial charge in [0, 0.05) is 18.8 Å². The van der Waals surface area contributed by atoms with Gasteiger partial charge < -0.3 is 5.32 Å². The van der Waals surface area contributed by atoms with Crippen molar-refractivity contribution in [3.8, 4) is 0 Å². The van der Waals surface area contributed by atoms with Gasteiger partial charge in [-0.3, -0.25) is 10.1 Å². The van der Waals surface area contributed by atoms with Crippen LogP contribution in [0, 0.1) is 28.9 Å². The van der Waals surface area contributed by atoms with E-state index in [9.17, 15) is 10.1 Å². The Morgan fingerprint density at radius 1 is 1.47 bits per heavy atom. The van der Waals surface area contributed by atoms with Crippen molar-refractivity contribution in [1.82, 2.24) is 4.98 Å². The van der Waals surface area contributed by atoms with Crippen LogP contribution >= 0.6 is 0 Å². The van der Waals surface area contributed by atoms with E-state index in [1.165, 1.54) is 25.7 Å². The molecule has 1 aliphatic rings. The van der Waals surface area contributed by atoms with Crippen molar-refractivity contribution in [2.45, 2.75) is 39.5 Å². The molecule has 2 unspecified atom stereocenters. The number of nitrogens with zero attached hydrogens (tertiary/aromatic N) is 2. The lowest BCUT2D eigenvalue weighted by molar-refractivity contribution is -0.384. The Kier molecular flexibility index (Phi) is 4.35. The normalized spacial score (nSPS) is 23.1. The van der Waals surface area contributed by atoms with Gasteiger partial charge in [0.15, 0.2) is 0 Å². The summed E-state index contributed by atoms with van der Waals surface area (Å²) in [5.41, 5.74) is 0.881. The molecule has 0 bridgehead atoms. The highest BCUT2D eigenvalue weighted by atomic mass is 16.6. The first-order valence-electron chi connectivity index (χ1n) is 6.93. The molecule has 1 N–H and O–H groups in total. The SMILES string of the molecule is Cc1cnc(NCC2CCCCC2C)c([N+](=O)[O-])c1. The van der Waals surface area contributed by atoms with Gasteiger partial charge in [-0.05, 0) is 30.7 Å². The fourth-order valence-electron chi connectivity index (χ4n) is 2.75. The summed E-state index contributed by atoms with van der Waals surface area (Å²) < 4.78 is 0. The molecule has 0 aromatic carbocycles. The van der Waals surface area contributed by atoms with Gasteiger partial charge >= 0.3 is 5.69 Å². The number of hydrogen-bond donors (Lipinski definition) is 1. The minimum absolute atomic E-state index is 0.0727. The first kappa shape index (κ1) is 13.8. The van der Waals surface area contributed by atoms with E-state index in [-0.39, 0.29) is 10.6 Å². The lowest BCUT2D eigenvalue weighted by atomic mass is 9.80. The molecule has 0 spiro atoms. The summed E-state index contributed by atoms with van der Waals surface area (Å²) in [7, 11) is 0. The standard InChI is InChI=1S/C14H21N3O2/c1-10-7-13(17(18)19)14(15-8-10)16-9-12-6-4-3-5-11(12)2/h7-8,11-12H,3-6,9H2,1-2H3,(H,15,16). The molecule has 5 heteroatoms. The summed E-state index contributed by atoms with van der Waals surface area (Å²) in [6.07, 6.45) is 6.70. The van der Waals surface area contributed by atoms with Gasteiger partial charge in [-0.2, -0.15) is 0 Å². The highest BCUT2D eigenvalue weighted by molar-refractivity contribution is 5.56. The monoisotopic (exact) mass is 263 g/mol. The summed E-state index contributed by atoms with van der Waals surface area (Å²) in [6.45, 7) is 4.85. The molecule has 0 radical (unpaired) electrons. The van der Waals surface area contributed by atoms with Crippen molar-refractivity contribution in [1.29, 1.82) is 0 Å². The molecule has 2 atom stereocenters. The van der Waals surface area contributed by atoms with E-state index < -0.39 is 0 Å². The molecule has 1 saturated carbocycles. The van der Waals surface area contributed by atoms with Gasteiger partial charge in [0.2, 0.25) is 5.82 Å². The number of nitro groups is 1. The summed E-state index contributed by atoms with van der Waals surface area (Å²) >= 11 is 0. The predicted octanol–water partition coefficient (Wildman–Crippen LogP) is 3.54. The van der Waals surface area contributed by atoms with Crippen LogP contribution in [0.25, 0.3) is 0 Å². The van der Waals surface area contributed by atoms with Crippen LogP contribution in [-0.4, -0.2) is 16.5 Å². The number of rotatable bonds is 4. The minimum Gasteiger partial charge on any atom is -0.364 e. The average Bonchev–Trinajstić information content (AvgIpc) is 2.38. The van der Waals surface area contributed by atoms with Crippen molar-refractivity contribution >= 4 is 11.5 Å². The van der Waals surface area contributed by atoms with E-state index in [0.717, 1.165) is 12.1 Å². The van der Waals surface area contributed by atoms with E-state index >= 15 is 0 Å². The maximum Gasteiger partial charge on any atom is 0.311 e. The second-order valence-electron chi connectivity index (χ2n) is 5.54. The number of hydrogen-bond acceptors (Lipinski definition) is 4. The highest BCUT2D eigenvalue weighted by Gasteiger charge is 2.22. The van der Waals surface area contributed by atoms with Crippen LogP contribution in [0.5, 0.6) is 0 Å². The molecule has 0 saturated heterocycles. The van der Waals surface area contributed by atoms with E-state index in [1.807, 2.05) is 6.92 Å². The maximum atomic E-state index is 11.0. The quantitative estimate of drug-likeness (QED) is 0.666. The van der Waals surface area contributed by atoms with E-state index in [0.29, 0.717) is 17.7 Å². The molecule has 5 nitrogen and oxygen atoms in total. The van der Waals surface area contributed by atoms with Crippen molar-refractivity contribution in [3.05, 3.63) is 27.9 Å². The van der Waals surface area contributed by atoms with Crippen molar-refractivity contribution < 1.29 is 4.92 Å². The summed E-state index contributed by atoms with van der Waals surface area (Å²) in [4.78, 5) is 14.8. The maximum absolute atomic E-state index is 11.0. The van der Waals surface area contributed by atoms with Gasteiger partial charge in [-0.1, -0.05) is 26.2 Å². The smallest absolute Gasteiger partial charge is 0.311 e. The summed E-state index contributed by atoms with van der Waals surface area (Å²) in [5.74, 6) is 1.68. The fourth-order valence-corrected chi connectivity index (χ4v) is 2.75. The Hall–Kier alpha value is -1.65. The summed E-state index contributed by atoms with van der Waals surface area (Å²) in [5, 5.41) is 14.2. The third kappa shape index (κ3) is 3.43. The number of pyridine rings is 1. The van der Waals surface area contributed by atoms with Crippen LogP contribution in [0.4, 0.5) is 11.5 Å². The topological polar surface area (TPSA) is 68.1 Å². The largest absolute Gasteiger partial charge is 0.364 e. The zero-order valence-electron chi connectivity index (χ0n) is 11.6. The first-order chi connectivity index (χ1) is 9.08. The number of anilines is 1. The number of aromatic nitrogens is 1. The molecule has 2 rings (SSSR count). The van der Waals surface area contributed by atoms with Crippen molar-refractivity contribution in [2.24, 2.45) is 11.8 Å². The van der Waals surface area contributed by atoms with Gasteiger partial charge in [-0.25, -0.2) is 4.98 Å². The highest BCUT2D eigenvalue weighted by Crippen LogP contribution is 2.30. The van der Waals surface area contributed by atoms with Crippen LogP contribution in [0.2, 0.25) is 0 Å². The average molecular weight is 263 g/mol.